The number of nitrogens with one attached hydrogen (secondary N) is 1. The Kier molecular flexibility index (Phi) is 10.9. The van der Waals surface area contributed by atoms with Crippen LogP contribution in [0.5, 0.6) is 0 Å². The van der Waals surface area contributed by atoms with Gasteiger partial charge in [-0.1, -0.05) is 92.7 Å². The molecule has 0 spiro atoms. The first-order chi connectivity index (χ1) is 19.0. The van der Waals surface area contributed by atoms with Gasteiger partial charge < -0.3 is 20.9 Å². The van der Waals surface area contributed by atoms with Gasteiger partial charge in [0.25, 0.3) is 0 Å². The molecule has 0 aromatic heterocycles. The molecular formula is C31H39N3O5S. The van der Waals surface area contributed by atoms with Gasteiger partial charge in [-0.3, -0.25) is 0 Å². The number of sulfonamides is 1. The number of aliphatic hydroxyl groups excluding tert-OH is 1. The largest absolute Gasteiger partial charge is 0.445 e. The number of carbonyl (C=O) groups is 1. The van der Waals surface area contributed by atoms with Crippen molar-refractivity contribution < 1.29 is 23.1 Å². The Morgan fingerprint density at radius 3 is 2.25 bits per heavy atom. The van der Waals surface area contributed by atoms with E-state index >= 15 is 0 Å². The van der Waals surface area contributed by atoms with Crippen LogP contribution in [-0.2, 0) is 27.8 Å². The van der Waals surface area contributed by atoms with E-state index < -0.39 is 28.3 Å². The van der Waals surface area contributed by atoms with Crippen molar-refractivity contribution >= 4 is 21.8 Å². The number of amides is 1. The van der Waals surface area contributed by atoms with Gasteiger partial charge >= 0.3 is 6.09 Å². The van der Waals surface area contributed by atoms with E-state index in [9.17, 15) is 18.3 Å². The lowest BCUT2D eigenvalue weighted by atomic mass is 10.0. The normalized spacial score (nSPS) is 13.2. The van der Waals surface area contributed by atoms with Crippen LogP contribution in [0.25, 0.3) is 5.70 Å². The fourth-order valence-corrected chi connectivity index (χ4v) is 5.94. The summed E-state index contributed by atoms with van der Waals surface area (Å²) in [6, 6.07) is 22.3. The first-order valence-corrected chi connectivity index (χ1v) is 14.7. The molecule has 0 saturated carbocycles. The second-order valence-electron chi connectivity index (χ2n) is 10.3. The maximum absolute atomic E-state index is 13.5. The molecule has 2 atom stereocenters. The molecule has 8 nitrogen and oxygen atoms in total. The minimum absolute atomic E-state index is 0.00952. The molecular weight excluding hydrogens is 526 g/mol. The average Bonchev–Trinajstić information content (AvgIpc) is 2.91. The summed E-state index contributed by atoms with van der Waals surface area (Å²) >= 11 is 0. The van der Waals surface area contributed by atoms with Crippen LogP contribution >= 0.6 is 0 Å². The number of aryl methyl sites for hydroxylation is 1. The third-order valence-corrected chi connectivity index (χ3v) is 8.25. The molecule has 0 aliphatic carbocycles. The Morgan fingerprint density at radius 1 is 1.00 bits per heavy atom. The number of rotatable bonds is 13. The predicted octanol–water partition coefficient (Wildman–Crippen LogP) is 4.47. The van der Waals surface area contributed by atoms with Gasteiger partial charge in [-0.15, -0.1) is 0 Å². The van der Waals surface area contributed by atoms with Gasteiger partial charge in [-0.05, 0) is 42.5 Å². The van der Waals surface area contributed by atoms with Crippen LogP contribution < -0.4 is 11.1 Å². The van der Waals surface area contributed by atoms with E-state index in [0.29, 0.717) is 16.8 Å². The van der Waals surface area contributed by atoms with Crippen molar-refractivity contribution in [2.75, 3.05) is 13.1 Å². The third kappa shape index (κ3) is 8.67. The van der Waals surface area contributed by atoms with Gasteiger partial charge in [0.15, 0.2) is 0 Å². The number of benzene rings is 3. The molecule has 4 N–H and O–H groups in total. The topological polar surface area (TPSA) is 122 Å². The molecule has 0 radical (unpaired) electrons. The van der Waals surface area contributed by atoms with E-state index in [1.165, 1.54) is 4.31 Å². The second-order valence-corrected chi connectivity index (χ2v) is 12.2. The van der Waals surface area contributed by atoms with Crippen molar-refractivity contribution in [2.45, 2.75) is 50.8 Å². The highest BCUT2D eigenvalue weighted by atomic mass is 32.2. The van der Waals surface area contributed by atoms with E-state index in [1.54, 1.807) is 36.4 Å². The van der Waals surface area contributed by atoms with Gasteiger partial charge in [-0.2, -0.15) is 4.31 Å². The number of nitrogens with two attached hydrogens (primary N) is 1. The van der Waals surface area contributed by atoms with Crippen LogP contribution in [0.4, 0.5) is 4.79 Å². The molecule has 0 unspecified atom stereocenters. The zero-order valence-electron chi connectivity index (χ0n) is 23.3. The molecule has 9 heteroatoms. The van der Waals surface area contributed by atoms with Crippen LogP contribution in [0.2, 0.25) is 0 Å². The number of alkyl carbamates (subject to hydrolysis) is 1. The molecule has 214 valence electrons. The van der Waals surface area contributed by atoms with E-state index in [4.69, 9.17) is 10.5 Å². The maximum Gasteiger partial charge on any atom is 0.407 e. The fraction of sp³-hybridized carbons (Fsp3) is 0.323. The Labute approximate surface area is 237 Å². The van der Waals surface area contributed by atoms with Gasteiger partial charge in [0.2, 0.25) is 10.0 Å². The van der Waals surface area contributed by atoms with Crippen molar-refractivity contribution in [3.63, 3.8) is 0 Å². The number of aliphatic hydroxyl groups is 1. The van der Waals surface area contributed by atoms with Crippen molar-refractivity contribution in [1.82, 2.24) is 9.62 Å². The van der Waals surface area contributed by atoms with Crippen LogP contribution in [-0.4, -0.2) is 49.2 Å². The van der Waals surface area contributed by atoms with Gasteiger partial charge in [0.05, 0.1) is 17.0 Å². The first kappa shape index (κ1) is 30.9. The molecule has 0 saturated heterocycles. The van der Waals surface area contributed by atoms with Crippen molar-refractivity contribution in [1.29, 1.82) is 0 Å². The van der Waals surface area contributed by atoms with Crippen molar-refractivity contribution in [2.24, 2.45) is 11.7 Å². The van der Waals surface area contributed by atoms with Gasteiger partial charge in [0.1, 0.15) is 6.61 Å². The van der Waals surface area contributed by atoms with Crippen LogP contribution in [0.3, 0.4) is 0 Å². The van der Waals surface area contributed by atoms with E-state index in [1.807, 2.05) is 63.2 Å². The van der Waals surface area contributed by atoms with E-state index in [0.717, 1.165) is 11.1 Å². The van der Waals surface area contributed by atoms with Crippen molar-refractivity contribution in [3.05, 3.63) is 108 Å². The molecule has 40 heavy (non-hydrogen) atoms. The molecule has 0 heterocycles. The number of hydrogen-bond acceptors (Lipinski definition) is 6. The minimum atomic E-state index is -3.89. The molecule has 3 rings (SSSR count). The molecule has 0 bridgehead atoms. The van der Waals surface area contributed by atoms with Crippen LogP contribution in [0.1, 0.15) is 36.1 Å². The summed E-state index contributed by atoms with van der Waals surface area (Å²) in [6.45, 7) is 9.42. The zero-order chi connectivity index (χ0) is 29.3. The summed E-state index contributed by atoms with van der Waals surface area (Å²) < 4.78 is 33.8. The number of nitrogens with zero attached hydrogens (tertiary/aromatic N) is 1. The second kappa shape index (κ2) is 14.1. The first-order valence-electron chi connectivity index (χ1n) is 13.2. The zero-order valence-corrected chi connectivity index (χ0v) is 24.1. The van der Waals surface area contributed by atoms with Crippen molar-refractivity contribution in [3.8, 4) is 0 Å². The molecule has 3 aromatic rings. The average molecular weight is 566 g/mol. The Bertz CT molecular complexity index is 1380. The number of hydrogen-bond donors (Lipinski definition) is 3. The molecule has 0 aliphatic heterocycles. The highest BCUT2D eigenvalue weighted by Gasteiger charge is 2.31. The number of ether oxygens (including phenoxy) is 1. The summed E-state index contributed by atoms with van der Waals surface area (Å²) in [4.78, 5) is 13.0. The highest BCUT2D eigenvalue weighted by molar-refractivity contribution is 7.89. The van der Waals surface area contributed by atoms with Gasteiger partial charge in [-0.25, -0.2) is 13.2 Å². The summed E-state index contributed by atoms with van der Waals surface area (Å²) in [6.07, 6.45) is -1.69. The quantitative estimate of drug-likeness (QED) is 0.281. The maximum atomic E-state index is 13.5. The Morgan fingerprint density at radius 2 is 1.62 bits per heavy atom. The third-order valence-electron chi connectivity index (χ3n) is 6.41. The lowest BCUT2D eigenvalue weighted by Gasteiger charge is -2.30. The summed E-state index contributed by atoms with van der Waals surface area (Å²) in [5.41, 5.74) is 9.40. The lowest BCUT2D eigenvalue weighted by Crippen LogP contribution is -2.51. The summed E-state index contributed by atoms with van der Waals surface area (Å²) in [5, 5.41) is 14.1. The smallest absolute Gasteiger partial charge is 0.407 e. The summed E-state index contributed by atoms with van der Waals surface area (Å²) in [7, 11) is -3.89. The molecule has 1 amide bonds. The predicted molar refractivity (Wildman–Crippen MR) is 158 cm³/mol. The molecule has 0 aliphatic rings. The standard InChI is InChI=1S/C31H39N3O5S/c1-22(2)19-34(40(37,38)27-16-14-23(3)15-17-27)20-30(35)29(18-25-10-6-5-7-11-25)33-31(36)39-21-26-12-8-9-13-28(26)24(4)32/h5-17,22,29-30,35H,4,18-21,32H2,1-3H3,(H,33,36)/t29-,30+/m0/s1. The van der Waals surface area contributed by atoms with E-state index in [-0.39, 0.29) is 36.9 Å². The fourth-order valence-electron chi connectivity index (χ4n) is 4.32. The molecule has 0 fully saturated rings. The monoisotopic (exact) mass is 565 g/mol. The Hall–Kier alpha value is -3.66. The lowest BCUT2D eigenvalue weighted by molar-refractivity contribution is 0.0873. The van der Waals surface area contributed by atoms with Gasteiger partial charge in [0, 0.05) is 24.4 Å². The van der Waals surface area contributed by atoms with E-state index in [2.05, 4.69) is 11.9 Å². The Balaban J connectivity index is 1.80. The van der Waals surface area contributed by atoms with Crippen LogP contribution in [0.15, 0.2) is 90.3 Å². The number of carbonyl (C=O) groups excluding carboxylic acids is 1. The minimum Gasteiger partial charge on any atom is -0.445 e. The molecule has 3 aromatic carbocycles. The SMILES string of the molecule is C=C(N)c1ccccc1COC(=O)N[C@@H](Cc1ccccc1)[C@H](O)CN(CC(C)C)S(=O)(=O)c1ccc(C)cc1. The van der Waals surface area contributed by atoms with Crippen LogP contribution in [0, 0.1) is 12.8 Å². The summed E-state index contributed by atoms with van der Waals surface area (Å²) in [5.74, 6) is 0.00952. The highest BCUT2D eigenvalue weighted by Crippen LogP contribution is 2.20.